The summed E-state index contributed by atoms with van der Waals surface area (Å²) in [7, 11) is 0. The molecule has 1 heterocycles. The molecule has 0 bridgehead atoms. The summed E-state index contributed by atoms with van der Waals surface area (Å²) in [6.07, 6.45) is 3.49. The van der Waals surface area contributed by atoms with E-state index in [1.165, 1.54) is 0 Å². The molecule has 0 radical (unpaired) electrons. The van der Waals surface area contributed by atoms with E-state index in [0.29, 0.717) is 12.0 Å². The van der Waals surface area contributed by atoms with E-state index in [4.69, 9.17) is 0 Å². The SMILES string of the molecule is CC1C(NCc2nccs2)CCC(C(=O)O)C1(C)C. The molecule has 2 N–H and O–H groups in total. The Hall–Kier alpha value is -0.940. The molecule has 3 atom stereocenters. The smallest absolute Gasteiger partial charge is 0.307 e. The van der Waals surface area contributed by atoms with Crippen molar-refractivity contribution < 1.29 is 9.90 Å². The second kappa shape index (κ2) is 5.59. The van der Waals surface area contributed by atoms with Crippen LogP contribution < -0.4 is 5.32 Å². The topological polar surface area (TPSA) is 62.2 Å². The van der Waals surface area contributed by atoms with Crippen molar-refractivity contribution >= 4 is 17.3 Å². The van der Waals surface area contributed by atoms with E-state index in [2.05, 4.69) is 31.1 Å². The zero-order valence-electron chi connectivity index (χ0n) is 11.7. The molecule has 0 saturated heterocycles. The van der Waals surface area contributed by atoms with Gasteiger partial charge in [0, 0.05) is 24.2 Å². The fraction of sp³-hybridized carbons (Fsp3) is 0.714. The van der Waals surface area contributed by atoms with Crippen LogP contribution >= 0.6 is 11.3 Å². The maximum absolute atomic E-state index is 11.3. The van der Waals surface area contributed by atoms with Crippen LogP contribution in [0, 0.1) is 17.3 Å². The lowest BCUT2D eigenvalue weighted by molar-refractivity contribution is -0.150. The summed E-state index contributed by atoms with van der Waals surface area (Å²) in [6, 6.07) is 0.370. The molecular formula is C14H22N2O2S. The van der Waals surface area contributed by atoms with Gasteiger partial charge < -0.3 is 10.4 Å². The van der Waals surface area contributed by atoms with Gasteiger partial charge in [0.1, 0.15) is 5.01 Å². The monoisotopic (exact) mass is 282 g/mol. The minimum Gasteiger partial charge on any atom is -0.481 e. The van der Waals surface area contributed by atoms with E-state index in [9.17, 15) is 9.90 Å². The first-order chi connectivity index (χ1) is 8.93. The van der Waals surface area contributed by atoms with Crippen LogP contribution in [0.4, 0.5) is 0 Å². The molecule has 0 spiro atoms. The number of rotatable bonds is 4. The summed E-state index contributed by atoms with van der Waals surface area (Å²) in [5.74, 6) is -0.557. The molecule has 106 valence electrons. The molecule has 1 saturated carbocycles. The van der Waals surface area contributed by atoms with Crippen LogP contribution in [0.15, 0.2) is 11.6 Å². The number of thiazole rings is 1. The van der Waals surface area contributed by atoms with Crippen LogP contribution in [-0.4, -0.2) is 22.1 Å². The van der Waals surface area contributed by atoms with Gasteiger partial charge in [-0.25, -0.2) is 4.98 Å². The van der Waals surface area contributed by atoms with Gasteiger partial charge >= 0.3 is 5.97 Å². The van der Waals surface area contributed by atoms with E-state index in [-0.39, 0.29) is 11.3 Å². The Bertz CT molecular complexity index is 431. The molecule has 2 rings (SSSR count). The lowest BCUT2D eigenvalue weighted by Crippen LogP contribution is -2.50. The normalized spacial score (nSPS) is 30.2. The molecule has 4 nitrogen and oxygen atoms in total. The summed E-state index contributed by atoms with van der Waals surface area (Å²) in [5.41, 5.74) is -0.176. The van der Waals surface area contributed by atoms with Gasteiger partial charge in [-0.2, -0.15) is 0 Å². The third-order valence-corrected chi connectivity index (χ3v) is 5.52. The van der Waals surface area contributed by atoms with Gasteiger partial charge in [0.25, 0.3) is 0 Å². The highest BCUT2D eigenvalue weighted by molar-refractivity contribution is 7.09. The number of carboxylic acids is 1. The molecule has 5 heteroatoms. The lowest BCUT2D eigenvalue weighted by atomic mass is 9.61. The molecule has 1 fully saturated rings. The molecule has 0 aromatic carbocycles. The highest BCUT2D eigenvalue weighted by Gasteiger charge is 2.45. The van der Waals surface area contributed by atoms with E-state index >= 15 is 0 Å². The maximum atomic E-state index is 11.3. The van der Waals surface area contributed by atoms with Crippen molar-refractivity contribution in [1.29, 1.82) is 0 Å². The summed E-state index contributed by atoms with van der Waals surface area (Å²) in [6.45, 7) is 7.09. The first-order valence-corrected chi connectivity index (χ1v) is 7.65. The molecule has 0 aliphatic heterocycles. The molecule has 19 heavy (non-hydrogen) atoms. The Morgan fingerprint density at radius 2 is 2.32 bits per heavy atom. The van der Waals surface area contributed by atoms with Gasteiger partial charge in [-0.3, -0.25) is 4.79 Å². The van der Waals surface area contributed by atoms with Crippen molar-refractivity contribution in [1.82, 2.24) is 10.3 Å². The summed E-state index contributed by atoms with van der Waals surface area (Å²) >= 11 is 1.65. The third-order valence-electron chi connectivity index (χ3n) is 4.74. The van der Waals surface area contributed by atoms with Gasteiger partial charge in [-0.05, 0) is 24.2 Å². The standard InChI is InChI=1S/C14H22N2O2S/c1-9-11(16-8-12-15-6-7-19-12)5-4-10(13(17)18)14(9,2)3/h6-7,9-11,16H,4-5,8H2,1-3H3,(H,17,18). The Morgan fingerprint density at radius 3 is 2.89 bits per heavy atom. The van der Waals surface area contributed by atoms with Crippen molar-refractivity contribution in [3.8, 4) is 0 Å². The predicted molar refractivity (Wildman–Crippen MR) is 76.0 cm³/mol. The van der Waals surface area contributed by atoms with Gasteiger partial charge in [0.05, 0.1) is 5.92 Å². The molecular weight excluding hydrogens is 260 g/mol. The van der Waals surface area contributed by atoms with Crippen LogP contribution in [0.25, 0.3) is 0 Å². The first-order valence-electron chi connectivity index (χ1n) is 6.77. The zero-order chi connectivity index (χ0) is 14.0. The Balaban J connectivity index is 1.99. The zero-order valence-corrected chi connectivity index (χ0v) is 12.5. The number of nitrogens with one attached hydrogen (secondary N) is 1. The Morgan fingerprint density at radius 1 is 1.58 bits per heavy atom. The number of aliphatic carboxylic acids is 1. The van der Waals surface area contributed by atoms with Crippen LogP contribution in [0.2, 0.25) is 0 Å². The Kier molecular flexibility index (Phi) is 4.26. The van der Waals surface area contributed by atoms with E-state index in [1.807, 2.05) is 11.6 Å². The van der Waals surface area contributed by atoms with E-state index in [1.54, 1.807) is 11.3 Å². The summed E-state index contributed by atoms with van der Waals surface area (Å²) in [4.78, 5) is 15.6. The highest BCUT2D eigenvalue weighted by Crippen LogP contribution is 2.45. The minimum atomic E-state index is -0.657. The number of nitrogens with zero attached hydrogens (tertiary/aromatic N) is 1. The number of hydrogen-bond acceptors (Lipinski definition) is 4. The molecule has 0 amide bonds. The molecule has 1 aromatic rings. The van der Waals surface area contributed by atoms with Crippen molar-refractivity contribution in [3.63, 3.8) is 0 Å². The van der Waals surface area contributed by atoms with Crippen molar-refractivity contribution in [2.45, 2.75) is 46.2 Å². The summed E-state index contributed by atoms with van der Waals surface area (Å²) in [5, 5.41) is 15.9. The fourth-order valence-corrected chi connectivity index (χ4v) is 3.65. The third kappa shape index (κ3) is 2.98. The number of hydrogen-bond donors (Lipinski definition) is 2. The molecule has 1 aliphatic carbocycles. The molecule has 1 aliphatic rings. The number of carbonyl (C=O) groups is 1. The van der Waals surface area contributed by atoms with Gasteiger partial charge in [-0.1, -0.05) is 20.8 Å². The predicted octanol–water partition coefficient (Wildman–Crippen LogP) is 2.76. The maximum Gasteiger partial charge on any atom is 0.307 e. The number of carboxylic acid groups (broad SMARTS) is 1. The van der Waals surface area contributed by atoms with Crippen LogP contribution in [0.1, 0.15) is 38.6 Å². The molecule has 1 aromatic heterocycles. The van der Waals surface area contributed by atoms with Gasteiger partial charge in [-0.15, -0.1) is 11.3 Å². The summed E-state index contributed by atoms with van der Waals surface area (Å²) < 4.78 is 0. The van der Waals surface area contributed by atoms with Crippen molar-refractivity contribution in [2.75, 3.05) is 0 Å². The average molecular weight is 282 g/mol. The quantitative estimate of drug-likeness (QED) is 0.891. The molecule has 3 unspecified atom stereocenters. The highest BCUT2D eigenvalue weighted by atomic mass is 32.1. The van der Waals surface area contributed by atoms with Gasteiger partial charge in [0.15, 0.2) is 0 Å². The Labute approximate surface area is 118 Å². The first kappa shape index (κ1) is 14.5. The van der Waals surface area contributed by atoms with Crippen LogP contribution in [0.3, 0.4) is 0 Å². The average Bonchev–Trinajstić information content (AvgIpc) is 2.83. The van der Waals surface area contributed by atoms with E-state index < -0.39 is 5.97 Å². The van der Waals surface area contributed by atoms with Gasteiger partial charge in [0.2, 0.25) is 0 Å². The van der Waals surface area contributed by atoms with Crippen molar-refractivity contribution in [2.24, 2.45) is 17.3 Å². The number of aromatic nitrogens is 1. The van der Waals surface area contributed by atoms with E-state index in [0.717, 1.165) is 24.4 Å². The largest absolute Gasteiger partial charge is 0.481 e. The fourth-order valence-electron chi connectivity index (χ4n) is 3.08. The lowest BCUT2D eigenvalue weighted by Gasteiger charge is -2.46. The second-order valence-electron chi connectivity index (χ2n) is 5.99. The van der Waals surface area contributed by atoms with Crippen molar-refractivity contribution in [3.05, 3.63) is 16.6 Å². The second-order valence-corrected chi connectivity index (χ2v) is 6.97. The minimum absolute atomic E-state index is 0.176. The van der Waals surface area contributed by atoms with Crippen LogP contribution in [0.5, 0.6) is 0 Å². The van der Waals surface area contributed by atoms with Crippen LogP contribution in [-0.2, 0) is 11.3 Å².